The summed E-state index contributed by atoms with van der Waals surface area (Å²) in [4.78, 5) is 0. The van der Waals surface area contributed by atoms with Gasteiger partial charge in [-0.3, -0.25) is 0 Å². The molecule has 2 saturated carbocycles. The summed E-state index contributed by atoms with van der Waals surface area (Å²) >= 11 is 0. The molecule has 3 fully saturated rings. The van der Waals surface area contributed by atoms with Crippen LogP contribution in [-0.2, 0) is 4.74 Å². The molecule has 86 valence electrons. The molecule has 1 heterocycles. The molecule has 3 aliphatic rings. The van der Waals surface area contributed by atoms with Gasteiger partial charge in [-0.25, -0.2) is 0 Å². The average molecular weight is 208 g/mol. The van der Waals surface area contributed by atoms with Crippen LogP contribution in [0.4, 0.5) is 0 Å². The van der Waals surface area contributed by atoms with Gasteiger partial charge in [0, 0.05) is 5.41 Å². The van der Waals surface area contributed by atoms with E-state index in [1.807, 2.05) is 0 Å². The minimum atomic E-state index is 0.523. The lowest BCUT2D eigenvalue weighted by molar-refractivity contribution is -0.0317. The largest absolute Gasteiger partial charge is 0.375 e. The van der Waals surface area contributed by atoms with Crippen LogP contribution in [-0.4, -0.2) is 12.2 Å². The maximum atomic E-state index is 6.14. The lowest BCUT2D eigenvalue weighted by atomic mass is 9.53. The van der Waals surface area contributed by atoms with Gasteiger partial charge in [0.15, 0.2) is 0 Å². The molecule has 4 atom stereocenters. The quantitative estimate of drug-likeness (QED) is 0.589. The van der Waals surface area contributed by atoms with Crippen molar-refractivity contribution in [2.45, 2.75) is 71.5 Å². The van der Waals surface area contributed by atoms with Gasteiger partial charge in [-0.2, -0.15) is 0 Å². The standard InChI is InChI=1S/C14H24O/c1-10-14-8-12(15-10)5-4-11(14)6-7-13(2,3)9-14/h10-12H,4-9H2,1-3H3. The molecule has 1 saturated heterocycles. The first-order valence-electron chi connectivity index (χ1n) is 6.67. The molecule has 15 heavy (non-hydrogen) atoms. The molecule has 1 heteroatoms. The van der Waals surface area contributed by atoms with Crippen LogP contribution in [0.25, 0.3) is 0 Å². The maximum absolute atomic E-state index is 6.14. The van der Waals surface area contributed by atoms with Gasteiger partial charge < -0.3 is 4.74 Å². The summed E-state index contributed by atoms with van der Waals surface area (Å²) in [6.07, 6.45) is 9.54. The normalized spacial score (nSPS) is 52.6. The Morgan fingerprint density at radius 1 is 1.13 bits per heavy atom. The second-order valence-corrected chi connectivity index (χ2v) is 6.99. The Labute approximate surface area is 93.6 Å². The summed E-state index contributed by atoms with van der Waals surface area (Å²) < 4.78 is 6.14. The van der Waals surface area contributed by atoms with Gasteiger partial charge in [0.25, 0.3) is 0 Å². The molecule has 1 spiro atoms. The molecule has 0 N–H and O–H groups in total. The monoisotopic (exact) mass is 208 g/mol. The zero-order valence-electron chi connectivity index (χ0n) is 10.4. The van der Waals surface area contributed by atoms with E-state index in [1.54, 1.807) is 0 Å². The van der Waals surface area contributed by atoms with Crippen molar-refractivity contribution in [3.05, 3.63) is 0 Å². The highest BCUT2D eigenvalue weighted by Crippen LogP contribution is 2.61. The fourth-order valence-electron chi connectivity index (χ4n) is 4.74. The predicted molar refractivity (Wildman–Crippen MR) is 61.7 cm³/mol. The zero-order valence-corrected chi connectivity index (χ0v) is 10.4. The molecular formula is C14H24O. The highest BCUT2D eigenvalue weighted by Gasteiger charge is 2.57. The number of rotatable bonds is 0. The van der Waals surface area contributed by atoms with Crippen LogP contribution in [0.1, 0.15) is 59.3 Å². The fourth-order valence-corrected chi connectivity index (χ4v) is 4.74. The van der Waals surface area contributed by atoms with Gasteiger partial charge in [0.2, 0.25) is 0 Å². The van der Waals surface area contributed by atoms with Gasteiger partial charge >= 0.3 is 0 Å². The molecule has 0 aromatic heterocycles. The van der Waals surface area contributed by atoms with Crippen molar-refractivity contribution in [2.75, 3.05) is 0 Å². The first kappa shape index (κ1) is 10.1. The smallest absolute Gasteiger partial charge is 0.0610 e. The van der Waals surface area contributed by atoms with Crippen LogP contribution in [0.5, 0.6) is 0 Å². The van der Waals surface area contributed by atoms with E-state index >= 15 is 0 Å². The Morgan fingerprint density at radius 3 is 2.73 bits per heavy atom. The lowest BCUT2D eigenvalue weighted by Crippen LogP contribution is -2.45. The first-order valence-corrected chi connectivity index (χ1v) is 6.67. The van der Waals surface area contributed by atoms with E-state index in [0.29, 0.717) is 23.0 Å². The molecule has 0 aromatic carbocycles. The Bertz CT molecular complexity index is 271. The van der Waals surface area contributed by atoms with Crippen LogP contribution in [0.2, 0.25) is 0 Å². The Kier molecular flexibility index (Phi) is 2.03. The molecule has 2 aliphatic carbocycles. The summed E-state index contributed by atoms with van der Waals surface area (Å²) in [6, 6.07) is 0. The molecule has 2 bridgehead atoms. The second kappa shape index (κ2) is 3.00. The molecule has 0 amide bonds. The van der Waals surface area contributed by atoms with Crippen molar-refractivity contribution < 1.29 is 4.74 Å². The molecule has 0 aromatic rings. The molecule has 0 radical (unpaired) electrons. The highest BCUT2D eigenvalue weighted by molar-refractivity contribution is 5.06. The van der Waals surface area contributed by atoms with Gasteiger partial charge in [-0.1, -0.05) is 13.8 Å². The van der Waals surface area contributed by atoms with E-state index in [9.17, 15) is 0 Å². The van der Waals surface area contributed by atoms with Crippen molar-refractivity contribution in [1.29, 1.82) is 0 Å². The zero-order chi connectivity index (χ0) is 10.7. The third kappa shape index (κ3) is 1.39. The van der Waals surface area contributed by atoms with Crippen molar-refractivity contribution >= 4 is 0 Å². The third-order valence-electron chi connectivity index (χ3n) is 5.44. The van der Waals surface area contributed by atoms with E-state index < -0.39 is 0 Å². The lowest BCUT2D eigenvalue weighted by Gasteiger charge is -2.51. The minimum Gasteiger partial charge on any atom is -0.375 e. The van der Waals surface area contributed by atoms with Crippen molar-refractivity contribution in [2.24, 2.45) is 16.7 Å². The van der Waals surface area contributed by atoms with Crippen LogP contribution in [0, 0.1) is 16.7 Å². The number of ether oxygens (including phenoxy) is 1. The van der Waals surface area contributed by atoms with Crippen molar-refractivity contribution in [3.8, 4) is 0 Å². The SMILES string of the molecule is CC1OC2CCC3CCC(C)(C)CC31C2. The third-order valence-corrected chi connectivity index (χ3v) is 5.44. The Hall–Kier alpha value is -0.0400. The van der Waals surface area contributed by atoms with E-state index in [4.69, 9.17) is 4.74 Å². The molecule has 1 nitrogen and oxygen atoms in total. The number of hydrogen-bond donors (Lipinski definition) is 0. The summed E-state index contributed by atoms with van der Waals surface area (Å²) in [6.45, 7) is 7.24. The molecular weight excluding hydrogens is 184 g/mol. The topological polar surface area (TPSA) is 9.23 Å². The summed E-state index contributed by atoms with van der Waals surface area (Å²) in [7, 11) is 0. The van der Waals surface area contributed by atoms with Gasteiger partial charge in [0.1, 0.15) is 0 Å². The Balaban J connectivity index is 1.93. The van der Waals surface area contributed by atoms with E-state index in [2.05, 4.69) is 20.8 Å². The van der Waals surface area contributed by atoms with Crippen LogP contribution in [0.15, 0.2) is 0 Å². The van der Waals surface area contributed by atoms with E-state index in [-0.39, 0.29) is 0 Å². The van der Waals surface area contributed by atoms with Crippen molar-refractivity contribution in [1.82, 2.24) is 0 Å². The van der Waals surface area contributed by atoms with Crippen LogP contribution in [0.3, 0.4) is 0 Å². The predicted octanol–water partition coefficient (Wildman–Crippen LogP) is 3.77. The Morgan fingerprint density at radius 2 is 1.93 bits per heavy atom. The number of hydrogen-bond acceptors (Lipinski definition) is 1. The van der Waals surface area contributed by atoms with Crippen LogP contribution < -0.4 is 0 Å². The summed E-state index contributed by atoms with van der Waals surface area (Å²) in [5.41, 5.74) is 1.12. The molecule has 3 rings (SSSR count). The maximum Gasteiger partial charge on any atom is 0.0610 e. The summed E-state index contributed by atoms with van der Waals surface area (Å²) in [5.74, 6) is 0.972. The second-order valence-electron chi connectivity index (χ2n) is 6.99. The first-order chi connectivity index (χ1) is 7.02. The van der Waals surface area contributed by atoms with E-state index in [1.165, 1.54) is 38.5 Å². The van der Waals surface area contributed by atoms with Gasteiger partial charge in [-0.15, -0.1) is 0 Å². The molecule has 4 unspecified atom stereocenters. The van der Waals surface area contributed by atoms with E-state index in [0.717, 1.165) is 5.92 Å². The average Bonchev–Trinajstić information content (AvgIpc) is 2.36. The van der Waals surface area contributed by atoms with Gasteiger partial charge in [-0.05, 0) is 56.8 Å². The van der Waals surface area contributed by atoms with Crippen LogP contribution >= 0.6 is 0 Å². The van der Waals surface area contributed by atoms with Gasteiger partial charge in [0.05, 0.1) is 12.2 Å². The number of fused-ring (bicyclic) bond motifs is 1. The minimum absolute atomic E-state index is 0.523. The van der Waals surface area contributed by atoms with Crippen molar-refractivity contribution in [3.63, 3.8) is 0 Å². The summed E-state index contributed by atoms with van der Waals surface area (Å²) in [5, 5.41) is 0. The molecule has 1 aliphatic heterocycles. The highest BCUT2D eigenvalue weighted by atomic mass is 16.5. The fraction of sp³-hybridized carbons (Fsp3) is 1.00.